The summed E-state index contributed by atoms with van der Waals surface area (Å²) in [6, 6.07) is 11.8. The molecule has 0 aliphatic carbocycles. The van der Waals surface area contributed by atoms with Gasteiger partial charge in [0.1, 0.15) is 17.8 Å². The molecule has 0 saturated carbocycles. The van der Waals surface area contributed by atoms with E-state index in [0.29, 0.717) is 24.6 Å². The number of nitriles is 1. The SMILES string of the molecule is N#CCN(CCn1cc(-c2ccccc2)c2c(N)ncnc21)CCP(=O)(O)O. The van der Waals surface area contributed by atoms with Crippen molar-refractivity contribution in [2.24, 2.45) is 0 Å². The second-order valence-electron chi connectivity index (χ2n) is 6.38. The monoisotopic (exact) mass is 400 g/mol. The molecule has 28 heavy (non-hydrogen) atoms. The summed E-state index contributed by atoms with van der Waals surface area (Å²) in [4.78, 5) is 28.3. The number of hydrogen-bond acceptors (Lipinski definition) is 6. The second-order valence-corrected chi connectivity index (χ2v) is 8.16. The molecule has 0 fully saturated rings. The fraction of sp³-hybridized carbons (Fsp3) is 0.278. The average molecular weight is 400 g/mol. The van der Waals surface area contributed by atoms with Crippen LogP contribution in [0.1, 0.15) is 0 Å². The lowest BCUT2D eigenvalue weighted by molar-refractivity contribution is 0.297. The van der Waals surface area contributed by atoms with Crippen LogP contribution in [0, 0.1) is 11.3 Å². The molecule has 10 heteroatoms. The molecule has 0 atom stereocenters. The van der Waals surface area contributed by atoms with E-state index in [0.717, 1.165) is 16.5 Å². The Bertz CT molecular complexity index is 1040. The summed E-state index contributed by atoms with van der Waals surface area (Å²) in [5, 5.41) is 9.75. The first-order valence-electron chi connectivity index (χ1n) is 8.67. The third kappa shape index (κ3) is 4.74. The summed E-state index contributed by atoms with van der Waals surface area (Å²) in [5.74, 6) is 0.387. The lowest BCUT2D eigenvalue weighted by Crippen LogP contribution is -2.30. The molecule has 146 valence electrons. The Hall–Kier alpha value is -2.76. The van der Waals surface area contributed by atoms with Crippen LogP contribution in [0.3, 0.4) is 0 Å². The smallest absolute Gasteiger partial charge is 0.326 e. The van der Waals surface area contributed by atoms with E-state index in [-0.39, 0.29) is 19.3 Å². The van der Waals surface area contributed by atoms with Gasteiger partial charge in [-0.1, -0.05) is 30.3 Å². The highest BCUT2D eigenvalue weighted by molar-refractivity contribution is 7.51. The molecule has 0 aliphatic rings. The van der Waals surface area contributed by atoms with Gasteiger partial charge in [0.15, 0.2) is 0 Å². The van der Waals surface area contributed by atoms with E-state index in [1.807, 2.05) is 47.2 Å². The standard InChI is InChI=1S/C18H21N6O3P/c19-6-7-23(10-11-28(25,26)27)8-9-24-12-15(14-4-2-1-3-5-14)16-17(20)21-13-22-18(16)24/h1-5,12-13H,7-11H2,(H2,20,21,22)(H2,25,26,27). The summed E-state index contributed by atoms with van der Waals surface area (Å²) in [6.45, 7) is 1.15. The number of nitrogen functional groups attached to an aromatic ring is 1. The van der Waals surface area contributed by atoms with Crippen LogP contribution in [0.25, 0.3) is 22.2 Å². The van der Waals surface area contributed by atoms with E-state index in [1.165, 1.54) is 6.33 Å². The Labute approximate surface area is 162 Å². The first-order chi connectivity index (χ1) is 13.4. The van der Waals surface area contributed by atoms with Crippen molar-refractivity contribution in [3.63, 3.8) is 0 Å². The molecule has 0 amide bonds. The predicted molar refractivity (Wildman–Crippen MR) is 106 cm³/mol. The minimum absolute atomic E-state index is 0.0852. The quantitative estimate of drug-likeness (QED) is 0.383. The van der Waals surface area contributed by atoms with Gasteiger partial charge in [-0.3, -0.25) is 9.46 Å². The Morgan fingerprint density at radius 2 is 1.96 bits per heavy atom. The van der Waals surface area contributed by atoms with Gasteiger partial charge in [-0.05, 0) is 5.56 Å². The second kappa shape index (κ2) is 8.50. The molecule has 9 nitrogen and oxygen atoms in total. The molecule has 0 bridgehead atoms. The van der Waals surface area contributed by atoms with Crippen LogP contribution in [0.4, 0.5) is 5.82 Å². The topological polar surface area (TPSA) is 141 Å². The summed E-state index contributed by atoms with van der Waals surface area (Å²) in [7, 11) is -4.12. The normalized spacial score (nSPS) is 11.8. The molecule has 0 unspecified atom stereocenters. The van der Waals surface area contributed by atoms with Crippen molar-refractivity contribution < 1.29 is 14.4 Å². The molecule has 0 aliphatic heterocycles. The van der Waals surface area contributed by atoms with Gasteiger partial charge in [-0.2, -0.15) is 5.26 Å². The maximum atomic E-state index is 11.1. The van der Waals surface area contributed by atoms with Crippen LogP contribution in [-0.2, 0) is 11.1 Å². The maximum absolute atomic E-state index is 11.1. The number of benzene rings is 1. The molecular formula is C18H21N6O3P. The molecule has 3 aromatic rings. The van der Waals surface area contributed by atoms with Crippen LogP contribution in [0.5, 0.6) is 0 Å². The van der Waals surface area contributed by atoms with Gasteiger partial charge in [-0.25, -0.2) is 9.97 Å². The van der Waals surface area contributed by atoms with Gasteiger partial charge in [-0.15, -0.1) is 0 Å². The van der Waals surface area contributed by atoms with Crippen molar-refractivity contribution in [1.82, 2.24) is 19.4 Å². The number of nitrogens with zero attached hydrogens (tertiary/aromatic N) is 5. The molecule has 0 saturated heterocycles. The zero-order valence-electron chi connectivity index (χ0n) is 15.1. The predicted octanol–water partition coefficient (Wildman–Crippen LogP) is 1.68. The number of rotatable bonds is 8. The van der Waals surface area contributed by atoms with Crippen molar-refractivity contribution in [3.05, 3.63) is 42.9 Å². The Kier molecular flexibility index (Phi) is 6.07. The lowest BCUT2D eigenvalue weighted by atomic mass is 10.1. The number of anilines is 1. The van der Waals surface area contributed by atoms with E-state index in [4.69, 9.17) is 20.8 Å². The van der Waals surface area contributed by atoms with Gasteiger partial charge in [0.2, 0.25) is 0 Å². The Morgan fingerprint density at radius 3 is 2.64 bits per heavy atom. The van der Waals surface area contributed by atoms with E-state index in [1.54, 1.807) is 4.90 Å². The van der Waals surface area contributed by atoms with Crippen LogP contribution < -0.4 is 5.73 Å². The largest absolute Gasteiger partial charge is 0.383 e. The molecular weight excluding hydrogens is 379 g/mol. The molecule has 1 aromatic carbocycles. The highest BCUT2D eigenvalue weighted by Gasteiger charge is 2.18. The highest BCUT2D eigenvalue weighted by Crippen LogP contribution is 2.34. The van der Waals surface area contributed by atoms with Gasteiger partial charge in [0.25, 0.3) is 0 Å². The molecule has 0 spiro atoms. The zero-order valence-corrected chi connectivity index (χ0v) is 16.0. The van der Waals surface area contributed by atoms with Crippen LogP contribution >= 0.6 is 7.60 Å². The van der Waals surface area contributed by atoms with Crippen molar-refractivity contribution in [3.8, 4) is 17.2 Å². The number of nitrogens with two attached hydrogens (primary N) is 1. The molecule has 3 rings (SSSR count). The van der Waals surface area contributed by atoms with Crippen molar-refractivity contribution in [2.75, 3.05) is 31.5 Å². The number of aromatic nitrogens is 3. The van der Waals surface area contributed by atoms with Crippen LogP contribution in [0.15, 0.2) is 42.9 Å². The van der Waals surface area contributed by atoms with E-state index in [2.05, 4.69) is 9.97 Å². The Morgan fingerprint density at radius 1 is 1.21 bits per heavy atom. The van der Waals surface area contributed by atoms with Gasteiger partial charge in [0.05, 0.1) is 24.2 Å². The molecule has 4 N–H and O–H groups in total. The Balaban J connectivity index is 1.88. The zero-order chi connectivity index (χ0) is 20.1. The van der Waals surface area contributed by atoms with Crippen LogP contribution in [-0.4, -0.2) is 55.0 Å². The highest BCUT2D eigenvalue weighted by atomic mass is 31.2. The summed E-state index contributed by atoms with van der Waals surface area (Å²) < 4.78 is 13.1. The summed E-state index contributed by atoms with van der Waals surface area (Å²) in [6.07, 6.45) is 3.06. The van der Waals surface area contributed by atoms with Crippen molar-refractivity contribution in [1.29, 1.82) is 5.26 Å². The third-order valence-corrected chi connectivity index (χ3v) is 5.21. The minimum atomic E-state index is -4.12. The molecule has 2 aromatic heterocycles. The first-order valence-corrected chi connectivity index (χ1v) is 10.5. The van der Waals surface area contributed by atoms with Crippen LogP contribution in [0.2, 0.25) is 0 Å². The maximum Gasteiger partial charge on any atom is 0.326 e. The van der Waals surface area contributed by atoms with E-state index >= 15 is 0 Å². The van der Waals surface area contributed by atoms with E-state index < -0.39 is 7.60 Å². The molecule has 0 radical (unpaired) electrons. The fourth-order valence-electron chi connectivity index (χ4n) is 3.04. The minimum Gasteiger partial charge on any atom is -0.383 e. The number of hydrogen-bond donors (Lipinski definition) is 3. The number of fused-ring (bicyclic) bond motifs is 1. The van der Waals surface area contributed by atoms with E-state index in [9.17, 15) is 4.57 Å². The summed E-state index contributed by atoms with van der Waals surface area (Å²) in [5.41, 5.74) is 8.68. The molecule has 2 heterocycles. The van der Waals surface area contributed by atoms with Gasteiger partial charge >= 0.3 is 7.60 Å². The van der Waals surface area contributed by atoms with Gasteiger partial charge in [0, 0.05) is 31.4 Å². The van der Waals surface area contributed by atoms with Gasteiger partial charge < -0.3 is 20.1 Å². The average Bonchev–Trinajstić information content (AvgIpc) is 3.04. The van der Waals surface area contributed by atoms with Crippen molar-refractivity contribution in [2.45, 2.75) is 6.54 Å². The summed E-state index contributed by atoms with van der Waals surface area (Å²) >= 11 is 0. The first kappa shape index (κ1) is 20.0. The van der Waals surface area contributed by atoms with Crippen molar-refractivity contribution >= 4 is 24.4 Å². The lowest BCUT2D eigenvalue weighted by Gasteiger charge is -2.19. The fourth-order valence-corrected chi connectivity index (χ4v) is 3.59. The third-order valence-electron chi connectivity index (χ3n) is 4.43.